The molecule has 0 aromatic carbocycles. The van der Waals surface area contributed by atoms with Crippen LogP contribution < -0.4 is 0 Å². The van der Waals surface area contributed by atoms with Crippen molar-refractivity contribution in [3.8, 4) is 0 Å². The Hall–Kier alpha value is -1.03. The summed E-state index contributed by atoms with van der Waals surface area (Å²) in [5.41, 5.74) is -0.441. The van der Waals surface area contributed by atoms with Crippen molar-refractivity contribution in [2.75, 3.05) is 13.1 Å². The van der Waals surface area contributed by atoms with Crippen LogP contribution in [0.5, 0.6) is 0 Å². The molecule has 2 unspecified atom stereocenters. The molecule has 19 heavy (non-hydrogen) atoms. The molecule has 0 aliphatic carbocycles. The van der Waals surface area contributed by atoms with Crippen molar-refractivity contribution in [3.63, 3.8) is 0 Å². The van der Waals surface area contributed by atoms with Gasteiger partial charge in [0, 0.05) is 13.1 Å². The minimum Gasteiger partial charge on any atom is -0.444 e. The van der Waals surface area contributed by atoms with E-state index < -0.39 is 11.7 Å². The smallest absolute Gasteiger partial charge is 0.410 e. The standard InChI is InChI=1S/C15H27NO3/c1-5-13(17)9-8-12-7-6-10-16(11-12)14(18)19-15(2,3)4/h5,12-13,17H,1,6-11H2,2-4H3. The number of hydrogen-bond donors (Lipinski definition) is 1. The number of likely N-dealkylation sites (tertiary alicyclic amines) is 1. The van der Waals surface area contributed by atoms with E-state index in [2.05, 4.69) is 6.58 Å². The molecule has 0 aromatic rings. The normalized spacial score (nSPS) is 21.9. The third kappa shape index (κ3) is 6.10. The molecule has 0 bridgehead atoms. The fourth-order valence-electron chi connectivity index (χ4n) is 2.32. The van der Waals surface area contributed by atoms with Crippen molar-refractivity contribution in [1.82, 2.24) is 4.90 Å². The zero-order valence-electron chi connectivity index (χ0n) is 12.4. The highest BCUT2D eigenvalue weighted by molar-refractivity contribution is 5.68. The second kappa shape index (κ2) is 6.94. The van der Waals surface area contributed by atoms with Gasteiger partial charge < -0.3 is 14.7 Å². The maximum Gasteiger partial charge on any atom is 0.410 e. The summed E-state index contributed by atoms with van der Waals surface area (Å²) in [5.74, 6) is 0.455. The van der Waals surface area contributed by atoms with E-state index in [1.165, 1.54) is 0 Å². The first-order valence-electron chi connectivity index (χ1n) is 7.10. The second-order valence-corrected chi connectivity index (χ2v) is 6.32. The van der Waals surface area contributed by atoms with Crippen molar-refractivity contribution in [1.29, 1.82) is 0 Å². The summed E-state index contributed by atoms with van der Waals surface area (Å²) in [4.78, 5) is 13.8. The predicted octanol–water partition coefficient (Wildman–Crippen LogP) is 2.96. The monoisotopic (exact) mass is 269 g/mol. The van der Waals surface area contributed by atoms with Gasteiger partial charge in [-0.15, -0.1) is 6.58 Å². The van der Waals surface area contributed by atoms with E-state index in [4.69, 9.17) is 4.74 Å². The second-order valence-electron chi connectivity index (χ2n) is 6.32. The summed E-state index contributed by atoms with van der Waals surface area (Å²) in [7, 11) is 0. The van der Waals surface area contributed by atoms with Crippen molar-refractivity contribution < 1.29 is 14.6 Å². The molecule has 0 spiro atoms. The van der Waals surface area contributed by atoms with E-state index in [0.29, 0.717) is 5.92 Å². The van der Waals surface area contributed by atoms with Gasteiger partial charge in [-0.05, 0) is 52.4 Å². The summed E-state index contributed by atoms with van der Waals surface area (Å²) >= 11 is 0. The van der Waals surface area contributed by atoms with Crippen LogP contribution in [0.3, 0.4) is 0 Å². The molecule has 2 atom stereocenters. The van der Waals surface area contributed by atoms with Gasteiger partial charge in [0.15, 0.2) is 0 Å². The molecule has 1 rings (SSSR count). The first kappa shape index (κ1) is 16.0. The fourth-order valence-corrected chi connectivity index (χ4v) is 2.32. The number of aliphatic hydroxyl groups is 1. The molecule has 1 aliphatic rings. The summed E-state index contributed by atoms with van der Waals surface area (Å²) in [6, 6.07) is 0. The average molecular weight is 269 g/mol. The Labute approximate surface area is 116 Å². The number of rotatable bonds is 4. The highest BCUT2D eigenvalue weighted by Crippen LogP contribution is 2.23. The van der Waals surface area contributed by atoms with Crippen LogP contribution in [0, 0.1) is 5.92 Å². The van der Waals surface area contributed by atoms with Crippen LogP contribution in [0.25, 0.3) is 0 Å². The van der Waals surface area contributed by atoms with Crippen molar-refractivity contribution in [2.24, 2.45) is 5.92 Å². The average Bonchev–Trinajstić information content (AvgIpc) is 2.34. The molecule has 110 valence electrons. The molecular formula is C15H27NO3. The molecular weight excluding hydrogens is 242 g/mol. The van der Waals surface area contributed by atoms with Crippen LogP contribution in [-0.4, -0.2) is 40.9 Å². The van der Waals surface area contributed by atoms with Gasteiger partial charge in [0.05, 0.1) is 6.10 Å². The minimum absolute atomic E-state index is 0.221. The molecule has 4 heteroatoms. The molecule has 4 nitrogen and oxygen atoms in total. The van der Waals surface area contributed by atoms with E-state index in [1.54, 1.807) is 11.0 Å². The maximum atomic E-state index is 12.0. The Morgan fingerprint density at radius 1 is 1.58 bits per heavy atom. The zero-order valence-corrected chi connectivity index (χ0v) is 12.4. The highest BCUT2D eigenvalue weighted by Gasteiger charge is 2.27. The molecule has 0 saturated carbocycles. The first-order valence-corrected chi connectivity index (χ1v) is 7.10. The zero-order chi connectivity index (χ0) is 14.5. The lowest BCUT2D eigenvalue weighted by molar-refractivity contribution is 0.0156. The summed E-state index contributed by atoms with van der Waals surface area (Å²) in [6.07, 6.45) is 4.67. The third-order valence-electron chi connectivity index (χ3n) is 3.31. The van der Waals surface area contributed by atoms with Gasteiger partial charge in [-0.1, -0.05) is 6.08 Å². The van der Waals surface area contributed by atoms with Crippen LogP contribution in [-0.2, 0) is 4.74 Å². The van der Waals surface area contributed by atoms with Gasteiger partial charge in [-0.3, -0.25) is 0 Å². The number of piperidine rings is 1. The van der Waals surface area contributed by atoms with Crippen LogP contribution in [0.4, 0.5) is 4.79 Å². The number of nitrogens with zero attached hydrogens (tertiary/aromatic N) is 1. The first-order chi connectivity index (χ1) is 8.81. The van der Waals surface area contributed by atoms with Crippen molar-refractivity contribution in [2.45, 2.75) is 58.2 Å². The molecule has 1 heterocycles. The van der Waals surface area contributed by atoms with E-state index in [1.807, 2.05) is 20.8 Å². The predicted molar refractivity (Wildman–Crippen MR) is 76.0 cm³/mol. The number of aliphatic hydroxyl groups excluding tert-OH is 1. The van der Waals surface area contributed by atoms with Crippen molar-refractivity contribution >= 4 is 6.09 Å². The maximum absolute atomic E-state index is 12.0. The third-order valence-corrected chi connectivity index (χ3v) is 3.31. The molecule has 1 fully saturated rings. The van der Waals surface area contributed by atoms with Crippen LogP contribution in [0.1, 0.15) is 46.5 Å². The molecule has 0 radical (unpaired) electrons. The van der Waals surface area contributed by atoms with Crippen molar-refractivity contribution in [3.05, 3.63) is 12.7 Å². The van der Waals surface area contributed by atoms with Gasteiger partial charge in [0.2, 0.25) is 0 Å². The van der Waals surface area contributed by atoms with Crippen LogP contribution >= 0.6 is 0 Å². The molecule has 0 aromatic heterocycles. The summed E-state index contributed by atoms with van der Waals surface area (Å²) < 4.78 is 5.39. The Morgan fingerprint density at radius 3 is 2.84 bits per heavy atom. The SMILES string of the molecule is C=CC(O)CCC1CCCN(C(=O)OC(C)(C)C)C1. The number of amides is 1. The topological polar surface area (TPSA) is 49.8 Å². The van der Waals surface area contributed by atoms with Gasteiger partial charge in [-0.25, -0.2) is 4.79 Å². The van der Waals surface area contributed by atoms with Gasteiger partial charge in [0.25, 0.3) is 0 Å². The Kier molecular flexibility index (Phi) is 5.85. The number of hydrogen-bond acceptors (Lipinski definition) is 3. The van der Waals surface area contributed by atoms with Crippen LogP contribution in [0.2, 0.25) is 0 Å². The lowest BCUT2D eigenvalue weighted by atomic mass is 9.92. The fraction of sp³-hybridized carbons (Fsp3) is 0.800. The Bertz CT molecular complexity index is 309. The van der Waals surface area contributed by atoms with E-state index in [-0.39, 0.29) is 6.09 Å². The Morgan fingerprint density at radius 2 is 2.26 bits per heavy atom. The number of carbonyl (C=O) groups is 1. The van der Waals surface area contributed by atoms with Gasteiger partial charge >= 0.3 is 6.09 Å². The lowest BCUT2D eigenvalue weighted by Gasteiger charge is -2.34. The molecule has 1 aliphatic heterocycles. The molecule has 1 saturated heterocycles. The van der Waals surface area contributed by atoms with Gasteiger partial charge in [0.1, 0.15) is 5.60 Å². The molecule has 1 amide bonds. The van der Waals surface area contributed by atoms with E-state index in [0.717, 1.165) is 38.8 Å². The summed E-state index contributed by atoms with van der Waals surface area (Å²) in [5, 5.41) is 9.49. The lowest BCUT2D eigenvalue weighted by Crippen LogP contribution is -2.43. The minimum atomic E-state index is -0.441. The largest absolute Gasteiger partial charge is 0.444 e. The highest BCUT2D eigenvalue weighted by atomic mass is 16.6. The summed E-state index contributed by atoms with van der Waals surface area (Å²) in [6.45, 7) is 10.7. The van der Waals surface area contributed by atoms with E-state index in [9.17, 15) is 9.90 Å². The number of carbonyl (C=O) groups excluding carboxylic acids is 1. The quantitative estimate of drug-likeness (QED) is 0.798. The van der Waals surface area contributed by atoms with Gasteiger partial charge in [-0.2, -0.15) is 0 Å². The van der Waals surface area contributed by atoms with E-state index >= 15 is 0 Å². The van der Waals surface area contributed by atoms with Crippen LogP contribution in [0.15, 0.2) is 12.7 Å². The number of ether oxygens (including phenoxy) is 1. The Balaban J connectivity index is 2.41. The molecule has 1 N–H and O–H groups in total.